The summed E-state index contributed by atoms with van der Waals surface area (Å²) < 4.78 is 0. The molecule has 1 rings (SSSR count). The Hall–Kier alpha value is -2.20. The van der Waals surface area contributed by atoms with Gasteiger partial charge in [0, 0.05) is 32.2 Å². The Morgan fingerprint density at radius 2 is 1.18 bits per heavy atom. The molecule has 11 atom stereocenters. The molecule has 1 aliphatic rings. The van der Waals surface area contributed by atoms with Crippen LogP contribution in [0.25, 0.3) is 0 Å². The molecule has 13 nitrogen and oxygen atoms in total. The number of nitrogens with two attached hydrogens (primary N) is 1. The summed E-state index contributed by atoms with van der Waals surface area (Å²) in [6.45, 7) is 4.34. The molecule has 51 heavy (non-hydrogen) atoms. The molecule has 0 aromatic heterocycles. The minimum atomic E-state index is -0.993. The van der Waals surface area contributed by atoms with Crippen LogP contribution in [-0.2, 0) is 4.79 Å². The van der Waals surface area contributed by atoms with Crippen LogP contribution in [0.15, 0.2) is 41.4 Å². The summed E-state index contributed by atoms with van der Waals surface area (Å²) in [7, 11) is 0. The fourth-order valence-electron chi connectivity index (χ4n) is 6.24. The van der Waals surface area contributed by atoms with Gasteiger partial charge in [-0.25, -0.2) is 0 Å². The molecule has 0 aromatic carbocycles. The van der Waals surface area contributed by atoms with Crippen LogP contribution in [0.5, 0.6) is 0 Å². The van der Waals surface area contributed by atoms with Crippen LogP contribution in [0.2, 0.25) is 0 Å². The van der Waals surface area contributed by atoms with Crippen molar-refractivity contribution < 1.29 is 50.8 Å². The van der Waals surface area contributed by atoms with E-state index in [1.54, 1.807) is 18.2 Å². The molecule has 1 saturated carbocycles. The second-order valence-corrected chi connectivity index (χ2v) is 14.4. The Morgan fingerprint density at radius 1 is 0.706 bits per heavy atom. The van der Waals surface area contributed by atoms with E-state index in [4.69, 9.17) is 5.73 Å². The maximum Gasteiger partial charge on any atom is 0.226 e. The second-order valence-electron chi connectivity index (χ2n) is 14.4. The quantitative estimate of drug-likeness (QED) is 0.0266. The maximum absolute atomic E-state index is 12.3. The van der Waals surface area contributed by atoms with E-state index in [1.165, 1.54) is 24.6 Å². The van der Waals surface area contributed by atoms with E-state index in [0.717, 1.165) is 19.3 Å². The Kier molecular flexibility index (Phi) is 25.2. The minimum Gasteiger partial charge on any atom is -0.393 e. The first-order valence-corrected chi connectivity index (χ1v) is 18.9. The number of guanidine groups is 1. The van der Waals surface area contributed by atoms with E-state index in [0.29, 0.717) is 44.1 Å². The van der Waals surface area contributed by atoms with Gasteiger partial charge in [0.1, 0.15) is 0 Å². The Balaban J connectivity index is 2.21. The van der Waals surface area contributed by atoms with E-state index in [1.807, 2.05) is 6.92 Å². The zero-order valence-corrected chi connectivity index (χ0v) is 30.8. The highest BCUT2D eigenvalue weighted by atomic mass is 16.3. The first kappa shape index (κ1) is 46.8. The smallest absolute Gasteiger partial charge is 0.226 e. The molecule has 0 aromatic rings. The maximum atomic E-state index is 12.3. The van der Waals surface area contributed by atoms with Gasteiger partial charge in [0.2, 0.25) is 5.91 Å². The van der Waals surface area contributed by atoms with Crippen molar-refractivity contribution in [2.45, 2.75) is 172 Å². The third-order valence-corrected chi connectivity index (χ3v) is 9.38. The molecule has 1 aliphatic carbocycles. The number of nitrogens with zero attached hydrogens (tertiary/aromatic N) is 1. The lowest BCUT2D eigenvalue weighted by Gasteiger charge is -2.28. The van der Waals surface area contributed by atoms with Crippen LogP contribution in [0.1, 0.15) is 117 Å². The average Bonchev–Trinajstić information content (AvgIpc) is 3.03. The number of amides is 1. The second kappa shape index (κ2) is 27.4. The van der Waals surface area contributed by atoms with Crippen molar-refractivity contribution in [3.05, 3.63) is 36.5 Å². The number of carbonyl (C=O) groups is 1. The summed E-state index contributed by atoms with van der Waals surface area (Å²) in [5, 5.41) is 93.5. The number of hydrogen-bond acceptors (Lipinski definition) is 11. The molecule has 13 heteroatoms. The molecule has 12 N–H and O–H groups in total. The van der Waals surface area contributed by atoms with Crippen molar-refractivity contribution in [1.82, 2.24) is 5.32 Å². The van der Waals surface area contributed by atoms with E-state index < -0.39 is 54.9 Å². The summed E-state index contributed by atoms with van der Waals surface area (Å²) in [4.78, 5) is 16.4. The average molecular weight is 728 g/mol. The number of aliphatic hydroxyl groups excluding tert-OH is 9. The molecular weight excluding hydrogens is 658 g/mol. The largest absolute Gasteiger partial charge is 0.393 e. The topological polar surface area (TPSA) is 250 Å². The zero-order chi connectivity index (χ0) is 38.2. The van der Waals surface area contributed by atoms with Gasteiger partial charge in [0.25, 0.3) is 0 Å². The predicted octanol–water partition coefficient (Wildman–Crippen LogP) is 1.86. The number of hydrogen-bond donors (Lipinski definition) is 11. The SMILES string of the molecule is CCC(O)CC(O)C=CCC(O)CC(O)CC(O)C=CCC(O)CC(O)C=CCC(O)CC(O)CCCN=C(N)NC(=O)CC1CCCCC1C. The van der Waals surface area contributed by atoms with Gasteiger partial charge in [-0.15, -0.1) is 0 Å². The first-order chi connectivity index (χ1) is 24.2. The summed E-state index contributed by atoms with van der Waals surface area (Å²) in [5.41, 5.74) is 5.85. The van der Waals surface area contributed by atoms with Gasteiger partial charge in [0.15, 0.2) is 5.96 Å². The number of nitrogens with one attached hydrogen (secondary N) is 1. The van der Waals surface area contributed by atoms with Crippen molar-refractivity contribution in [3.63, 3.8) is 0 Å². The van der Waals surface area contributed by atoms with Gasteiger partial charge in [0.05, 0.1) is 54.9 Å². The fraction of sp³-hybridized carbons (Fsp3) is 0.789. The van der Waals surface area contributed by atoms with Gasteiger partial charge in [-0.1, -0.05) is 69.6 Å². The molecule has 0 spiro atoms. The monoisotopic (exact) mass is 727 g/mol. The van der Waals surface area contributed by atoms with Crippen LogP contribution in [0, 0.1) is 11.8 Å². The minimum absolute atomic E-state index is 0.0108. The molecule has 0 bridgehead atoms. The van der Waals surface area contributed by atoms with Crippen LogP contribution in [0.4, 0.5) is 0 Å². The van der Waals surface area contributed by atoms with E-state index in [2.05, 4.69) is 17.2 Å². The van der Waals surface area contributed by atoms with Crippen LogP contribution >= 0.6 is 0 Å². The van der Waals surface area contributed by atoms with Crippen molar-refractivity contribution in [1.29, 1.82) is 0 Å². The Labute approximate surface area is 304 Å². The number of rotatable bonds is 26. The van der Waals surface area contributed by atoms with Gasteiger partial charge in [-0.3, -0.25) is 15.1 Å². The summed E-state index contributed by atoms with van der Waals surface area (Å²) in [6.07, 6.45) is 9.04. The molecule has 0 aliphatic heterocycles. The number of aliphatic imine (C=N–C) groups is 1. The van der Waals surface area contributed by atoms with Crippen molar-refractivity contribution in [2.24, 2.45) is 22.6 Å². The number of carbonyl (C=O) groups excluding carboxylic acids is 1. The van der Waals surface area contributed by atoms with Crippen molar-refractivity contribution in [3.8, 4) is 0 Å². The predicted molar refractivity (Wildman–Crippen MR) is 198 cm³/mol. The van der Waals surface area contributed by atoms with E-state index >= 15 is 0 Å². The Morgan fingerprint density at radius 3 is 1.71 bits per heavy atom. The highest BCUT2D eigenvalue weighted by Crippen LogP contribution is 2.31. The third kappa shape index (κ3) is 24.6. The van der Waals surface area contributed by atoms with Gasteiger partial charge in [-0.05, 0) is 69.6 Å². The van der Waals surface area contributed by atoms with Gasteiger partial charge >= 0.3 is 0 Å². The van der Waals surface area contributed by atoms with Gasteiger partial charge in [-0.2, -0.15) is 0 Å². The lowest BCUT2D eigenvalue weighted by atomic mass is 9.78. The standard InChI is InChI=1S/C38H69N3O10/c1-3-28(42)21-29(43)12-6-16-33(47)24-36(50)25-34(48)17-8-15-31(45)22-30(44)13-7-14-32(46)23-35(49)18-9-19-40-38(39)41-37(51)20-27-11-5-4-10-26(27)2/h6-8,12-13,17,26-36,42-50H,3-5,9-11,14-16,18-25H2,1-2H3,(H3,39,40,41,51). The summed E-state index contributed by atoms with van der Waals surface area (Å²) >= 11 is 0. The fourth-order valence-corrected chi connectivity index (χ4v) is 6.24. The molecule has 296 valence electrons. The Bertz CT molecular complexity index is 1040. The van der Waals surface area contributed by atoms with Crippen molar-refractivity contribution in [2.75, 3.05) is 6.54 Å². The lowest BCUT2D eigenvalue weighted by molar-refractivity contribution is -0.121. The van der Waals surface area contributed by atoms with Crippen LogP contribution in [-0.4, -0.2) is 119 Å². The summed E-state index contributed by atoms with van der Waals surface area (Å²) in [5.74, 6) is 0.871. The summed E-state index contributed by atoms with van der Waals surface area (Å²) in [6, 6.07) is 0. The van der Waals surface area contributed by atoms with Crippen LogP contribution < -0.4 is 11.1 Å². The number of aliphatic hydroxyl groups is 9. The lowest BCUT2D eigenvalue weighted by Crippen LogP contribution is -2.38. The van der Waals surface area contributed by atoms with Gasteiger partial charge < -0.3 is 51.7 Å². The van der Waals surface area contributed by atoms with E-state index in [9.17, 15) is 50.8 Å². The molecule has 11 unspecified atom stereocenters. The molecule has 1 amide bonds. The normalized spacial score (nSPS) is 22.8. The zero-order valence-electron chi connectivity index (χ0n) is 30.8. The van der Waals surface area contributed by atoms with Crippen molar-refractivity contribution >= 4 is 11.9 Å². The molecular formula is C38H69N3O10. The van der Waals surface area contributed by atoms with Crippen LogP contribution in [0.3, 0.4) is 0 Å². The third-order valence-electron chi connectivity index (χ3n) is 9.38. The molecule has 0 saturated heterocycles. The molecule has 1 fully saturated rings. The highest BCUT2D eigenvalue weighted by molar-refractivity contribution is 5.96. The highest BCUT2D eigenvalue weighted by Gasteiger charge is 2.24. The first-order valence-electron chi connectivity index (χ1n) is 18.9. The molecule has 0 radical (unpaired) electrons. The molecule has 0 heterocycles. The van der Waals surface area contributed by atoms with E-state index in [-0.39, 0.29) is 63.2 Å².